The van der Waals surface area contributed by atoms with Crippen LogP contribution in [-0.2, 0) is 17.9 Å². The number of fused-ring (bicyclic) bond motifs is 1. The Hall–Kier alpha value is -0.466. The fourth-order valence-electron chi connectivity index (χ4n) is 2.17. The number of benzene rings is 1. The number of nitrogens with one attached hydrogen (secondary N) is 1. The Bertz CT molecular complexity index is 553. The summed E-state index contributed by atoms with van der Waals surface area (Å²) in [5.74, 6) is 0. The smallest absolute Gasteiger partial charge is 1.00 e. The number of hydrogen-bond acceptors (Lipinski definition) is 0. The molecule has 1 aliphatic rings. The number of halogens is 2. The number of allylic oxidation sites excluding steroid dienone is 4. The van der Waals surface area contributed by atoms with E-state index in [2.05, 4.69) is 58.8 Å². The number of rotatable bonds is 2. The maximum atomic E-state index is 3.58. The van der Waals surface area contributed by atoms with E-state index in [1.54, 1.807) is 3.88 Å². The Labute approximate surface area is 126 Å². The molecule has 3 rings (SSSR count). The summed E-state index contributed by atoms with van der Waals surface area (Å²) < 4.78 is 3.14. The molecule has 1 aromatic heterocycles. The first-order valence-electron chi connectivity index (χ1n) is 5.62. The summed E-state index contributed by atoms with van der Waals surface area (Å²) >= 11 is -1.23. The van der Waals surface area contributed by atoms with Crippen LogP contribution in [0.25, 0.3) is 10.9 Å². The summed E-state index contributed by atoms with van der Waals surface area (Å²) in [6, 6.07) is 10.9. The second-order valence-corrected chi connectivity index (χ2v) is 8.02. The molecular formula is C14H14Cl2NTi. The Morgan fingerprint density at radius 1 is 1.17 bits per heavy atom. The minimum absolute atomic E-state index is 0. The Kier molecular flexibility index (Phi) is 5.74. The van der Waals surface area contributed by atoms with E-state index in [0.717, 1.165) is 0 Å². The van der Waals surface area contributed by atoms with Crippen molar-refractivity contribution < 1.29 is 42.7 Å². The molecule has 0 saturated heterocycles. The van der Waals surface area contributed by atoms with E-state index >= 15 is 0 Å². The first-order chi connectivity index (χ1) is 7.84. The monoisotopic (exact) mass is 314 g/mol. The van der Waals surface area contributed by atoms with Crippen LogP contribution in [0.15, 0.2) is 52.4 Å². The largest absolute Gasteiger partial charge is 1.00 e. The molecule has 1 aliphatic carbocycles. The van der Waals surface area contributed by atoms with Gasteiger partial charge in [0.25, 0.3) is 0 Å². The van der Waals surface area contributed by atoms with Crippen molar-refractivity contribution in [3.63, 3.8) is 0 Å². The van der Waals surface area contributed by atoms with Crippen LogP contribution < -0.4 is 28.8 Å². The predicted molar refractivity (Wildman–Crippen MR) is 65.6 cm³/mol. The summed E-state index contributed by atoms with van der Waals surface area (Å²) in [7, 11) is 0. The second-order valence-electron chi connectivity index (χ2n) is 4.22. The number of para-hydroxylation sites is 1. The molecule has 1 aromatic carbocycles. The van der Waals surface area contributed by atoms with Gasteiger partial charge in [-0.3, -0.25) is 0 Å². The molecule has 18 heavy (non-hydrogen) atoms. The van der Waals surface area contributed by atoms with Gasteiger partial charge < -0.3 is 24.8 Å². The van der Waals surface area contributed by atoms with Gasteiger partial charge in [0.1, 0.15) is 0 Å². The number of H-pyrrole nitrogens is 1. The Morgan fingerprint density at radius 2 is 1.94 bits per heavy atom. The van der Waals surface area contributed by atoms with E-state index in [9.17, 15) is 0 Å². The fraction of sp³-hybridized carbons (Fsp3) is 0.143. The zero-order chi connectivity index (χ0) is 11.0. The van der Waals surface area contributed by atoms with Crippen molar-refractivity contribution in [3.8, 4) is 0 Å². The molecule has 0 aliphatic heterocycles. The minimum Gasteiger partial charge on any atom is -1.00 e. The normalized spacial score (nSPS) is 12.8. The molecule has 1 heterocycles. The molecule has 0 radical (unpaired) electrons. The van der Waals surface area contributed by atoms with Crippen molar-refractivity contribution in [1.29, 1.82) is 0 Å². The molecule has 0 fully saturated rings. The zero-order valence-electron chi connectivity index (χ0n) is 10.1. The summed E-state index contributed by atoms with van der Waals surface area (Å²) in [4.78, 5) is 3.58. The van der Waals surface area contributed by atoms with E-state index in [1.165, 1.54) is 21.3 Å². The summed E-state index contributed by atoms with van der Waals surface area (Å²) in [5.41, 5.74) is 1.27. The average molecular weight is 315 g/mol. The van der Waals surface area contributed by atoms with Crippen molar-refractivity contribution in [2.75, 3.05) is 0 Å². The predicted octanol–water partition coefficient (Wildman–Crippen LogP) is -2.69. The van der Waals surface area contributed by atoms with E-state index in [-0.39, 0.29) is 24.8 Å². The topological polar surface area (TPSA) is 15.8 Å². The van der Waals surface area contributed by atoms with E-state index in [4.69, 9.17) is 0 Å². The van der Waals surface area contributed by atoms with Crippen LogP contribution in [-0.4, -0.2) is 4.98 Å². The molecular weight excluding hydrogens is 301 g/mol. The number of hydrogen-bond donors (Lipinski definition) is 1. The van der Waals surface area contributed by atoms with Gasteiger partial charge in [-0.05, 0) is 0 Å². The summed E-state index contributed by atoms with van der Waals surface area (Å²) in [5, 5.41) is 3.78. The quantitative estimate of drug-likeness (QED) is 0.581. The van der Waals surface area contributed by atoms with Gasteiger partial charge >= 0.3 is 102 Å². The van der Waals surface area contributed by atoms with Gasteiger partial charge in [0, 0.05) is 0 Å². The van der Waals surface area contributed by atoms with Crippen molar-refractivity contribution >= 4 is 14.9 Å². The third-order valence-electron chi connectivity index (χ3n) is 3.19. The minimum atomic E-state index is -1.23. The van der Waals surface area contributed by atoms with Crippen LogP contribution in [0.5, 0.6) is 0 Å². The van der Waals surface area contributed by atoms with Gasteiger partial charge in [0.15, 0.2) is 0 Å². The fourth-order valence-corrected chi connectivity index (χ4v) is 5.00. The van der Waals surface area contributed by atoms with E-state index in [1.807, 2.05) is 0 Å². The molecule has 0 amide bonds. The van der Waals surface area contributed by atoms with Crippen LogP contribution in [0.2, 0.25) is 5.23 Å². The molecule has 0 spiro atoms. The molecule has 0 atom stereocenters. The van der Waals surface area contributed by atoms with Gasteiger partial charge in [-0.25, -0.2) is 0 Å². The summed E-state index contributed by atoms with van der Waals surface area (Å²) in [6.45, 7) is 0. The maximum Gasteiger partial charge on any atom is -1.00 e. The number of aromatic nitrogens is 1. The molecule has 0 saturated carbocycles. The van der Waals surface area contributed by atoms with Crippen LogP contribution in [0.4, 0.5) is 0 Å². The zero-order valence-corrected chi connectivity index (χ0v) is 13.2. The number of aromatic amines is 1. The SMILES string of the molecule is [CH3][Ti+2]([C]1=CC=CC1)[c]1cc2ccccc2[nH]1.[Cl-].[Cl-]. The van der Waals surface area contributed by atoms with E-state index < -0.39 is 17.9 Å². The molecule has 1 N–H and O–H groups in total. The van der Waals surface area contributed by atoms with Gasteiger partial charge in [-0.1, -0.05) is 0 Å². The van der Waals surface area contributed by atoms with E-state index in [0.29, 0.717) is 0 Å². The Morgan fingerprint density at radius 3 is 2.61 bits per heavy atom. The second kappa shape index (κ2) is 6.63. The molecule has 0 bridgehead atoms. The van der Waals surface area contributed by atoms with Gasteiger partial charge in [0.05, 0.1) is 0 Å². The third kappa shape index (κ3) is 2.92. The maximum absolute atomic E-state index is 3.58. The van der Waals surface area contributed by atoms with Gasteiger partial charge in [-0.15, -0.1) is 0 Å². The van der Waals surface area contributed by atoms with Crippen LogP contribution in [0.3, 0.4) is 0 Å². The molecule has 2 aromatic rings. The first-order valence-corrected chi connectivity index (χ1v) is 8.74. The molecule has 93 valence electrons. The van der Waals surface area contributed by atoms with Gasteiger partial charge in [0.2, 0.25) is 0 Å². The van der Waals surface area contributed by atoms with Crippen LogP contribution in [0, 0.1) is 0 Å². The van der Waals surface area contributed by atoms with Crippen molar-refractivity contribution in [1.82, 2.24) is 4.98 Å². The Balaban J connectivity index is 0.000000810. The van der Waals surface area contributed by atoms with Crippen molar-refractivity contribution in [3.05, 3.63) is 52.4 Å². The third-order valence-corrected chi connectivity index (χ3v) is 6.95. The molecule has 0 unspecified atom stereocenters. The molecule has 4 heteroatoms. The van der Waals surface area contributed by atoms with Crippen molar-refractivity contribution in [2.45, 2.75) is 11.6 Å². The summed E-state index contributed by atoms with van der Waals surface area (Å²) in [6.07, 6.45) is 7.92. The van der Waals surface area contributed by atoms with Crippen LogP contribution in [0.1, 0.15) is 6.42 Å². The van der Waals surface area contributed by atoms with Crippen molar-refractivity contribution in [2.24, 2.45) is 0 Å². The average Bonchev–Trinajstić information content (AvgIpc) is 2.97. The van der Waals surface area contributed by atoms with Crippen LogP contribution >= 0.6 is 0 Å². The van der Waals surface area contributed by atoms with Gasteiger partial charge in [-0.2, -0.15) is 0 Å². The first kappa shape index (κ1) is 15.6. The molecule has 1 nitrogen and oxygen atoms in total. The standard InChI is InChI=1S/C8H6N.C5H5.CH3.2ClH.Ti/c1-2-4-8-7(3-1)5-6-9-8;1-2-4-5-3-1;;;;/h1-5,9H;1-3H,4H2;1H3;2*1H;/q;;;;;+2/p-2.